The Morgan fingerprint density at radius 2 is 1.97 bits per heavy atom. The van der Waals surface area contributed by atoms with Crippen LogP contribution in [-0.2, 0) is 4.79 Å². The quantitative estimate of drug-likeness (QED) is 0.457. The minimum absolute atomic E-state index is 0.00360. The first kappa shape index (κ1) is 21.7. The highest BCUT2D eigenvalue weighted by atomic mass is 35.5. The number of anilines is 2. The van der Waals surface area contributed by atoms with E-state index in [1.165, 1.54) is 0 Å². The van der Waals surface area contributed by atoms with Crippen LogP contribution in [0.5, 0.6) is 0 Å². The molecule has 1 N–H and O–H groups in total. The van der Waals surface area contributed by atoms with E-state index in [0.717, 1.165) is 29.8 Å². The highest BCUT2D eigenvalue weighted by molar-refractivity contribution is 6.32. The number of nitrogens with one attached hydrogen (secondary N) is 1. The zero-order chi connectivity index (χ0) is 21.9. The van der Waals surface area contributed by atoms with E-state index in [2.05, 4.69) is 44.0 Å². The number of nitrogens with zero attached hydrogens (tertiary/aromatic N) is 2. The molecule has 1 aliphatic rings. The molecule has 0 radical (unpaired) electrons. The van der Waals surface area contributed by atoms with Crippen molar-refractivity contribution in [1.82, 2.24) is 0 Å². The first-order valence-corrected chi connectivity index (χ1v) is 10.4. The predicted molar refractivity (Wildman–Crippen MR) is 125 cm³/mol. The van der Waals surface area contributed by atoms with Crippen LogP contribution in [0.4, 0.5) is 11.4 Å². The van der Waals surface area contributed by atoms with Crippen molar-refractivity contribution in [2.45, 2.75) is 39.7 Å². The highest BCUT2D eigenvalue weighted by Crippen LogP contribution is 2.41. The van der Waals surface area contributed by atoms with E-state index in [9.17, 15) is 10.1 Å². The maximum Gasteiger partial charge on any atom is 0.266 e. The lowest BCUT2D eigenvalue weighted by molar-refractivity contribution is -0.112. The molecule has 0 aliphatic carbocycles. The van der Waals surface area contributed by atoms with Gasteiger partial charge in [0.1, 0.15) is 11.6 Å². The second-order valence-corrected chi connectivity index (χ2v) is 8.42. The summed E-state index contributed by atoms with van der Waals surface area (Å²) in [5, 5.41) is 12.8. The number of nitriles is 1. The number of benzene rings is 2. The SMILES string of the molecule is CCCN1c2cc(Cl)c(/C=C(\C#N)C(=O)Nc3ccccc3)cc2C(C)=CC1(C)C. The van der Waals surface area contributed by atoms with Crippen LogP contribution in [0, 0.1) is 11.3 Å². The van der Waals surface area contributed by atoms with E-state index >= 15 is 0 Å². The Kier molecular flexibility index (Phi) is 6.34. The fraction of sp³-hybridized carbons (Fsp3) is 0.280. The van der Waals surface area contributed by atoms with Crippen molar-refractivity contribution >= 4 is 40.5 Å². The van der Waals surface area contributed by atoms with Crippen LogP contribution in [0.3, 0.4) is 0 Å². The van der Waals surface area contributed by atoms with Crippen LogP contribution in [0.2, 0.25) is 5.02 Å². The molecule has 0 aromatic heterocycles. The number of allylic oxidation sites excluding steroid dienone is 1. The molecule has 0 saturated heterocycles. The molecule has 0 bridgehead atoms. The molecule has 3 rings (SSSR count). The van der Waals surface area contributed by atoms with Gasteiger partial charge in [-0.1, -0.05) is 42.8 Å². The maximum absolute atomic E-state index is 12.6. The summed E-state index contributed by atoms with van der Waals surface area (Å²) >= 11 is 6.60. The van der Waals surface area contributed by atoms with E-state index < -0.39 is 5.91 Å². The molecule has 1 amide bonds. The van der Waals surface area contributed by atoms with Gasteiger partial charge in [-0.25, -0.2) is 0 Å². The van der Waals surface area contributed by atoms with Crippen molar-refractivity contribution in [3.8, 4) is 6.07 Å². The first-order chi connectivity index (χ1) is 14.3. The molecular formula is C25H26ClN3O. The number of amides is 1. The third kappa shape index (κ3) is 4.42. The summed E-state index contributed by atoms with van der Waals surface area (Å²) < 4.78 is 0. The number of hydrogen-bond acceptors (Lipinski definition) is 3. The Morgan fingerprint density at radius 1 is 1.27 bits per heavy atom. The molecule has 0 atom stereocenters. The predicted octanol–water partition coefficient (Wildman–Crippen LogP) is 6.30. The van der Waals surface area contributed by atoms with Gasteiger partial charge in [0.05, 0.1) is 5.54 Å². The van der Waals surface area contributed by atoms with Gasteiger partial charge in [-0.2, -0.15) is 5.26 Å². The Labute approximate surface area is 183 Å². The van der Waals surface area contributed by atoms with Crippen molar-refractivity contribution in [3.63, 3.8) is 0 Å². The van der Waals surface area contributed by atoms with Crippen molar-refractivity contribution in [3.05, 3.63) is 70.3 Å². The third-order valence-corrected chi connectivity index (χ3v) is 5.57. The van der Waals surface area contributed by atoms with Gasteiger partial charge in [0.2, 0.25) is 0 Å². The van der Waals surface area contributed by atoms with Crippen molar-refractivity contribution in [1.29, 1.82) is 5.26 Å². The lowest BCUT2D eigenvalue weighted by atomic mass is 9.87. The maximum atomic E-state index is 12.6. The number of fused-ring (bicyclic) bond motifs is 1. The van der Waals surface area contributed by atoms with Crippen LogP contribution < -0.4 is 10.2 Å². The van der Waals surface area contributed by atoms with Crippen LogP contribution in [0.15, 0.2) is 54.1 Å². The van der Waals surface area contributed by atoms with Gasteiger partial charge in [0.15, 0.2) is 0 Å². The number of rotatable bonds is 5. The van der Waals surface area contributed by atoms with E-state index in [0.29, 0.717) is 16.3 Å². The zero-order valence-electron chi connectivity index (χ0n) is 17.8. The number of carbonyl (C=O) groups excluding carboxylic acids is 1. The molecule has 1 aliphatic heterocycles. The van der Waals surface area contributed by atoms with Gasteiger partial charge >= 0.3 is 0 Å². The van der Waals surface area contributed by atoms with Gasteiger partial charge in [0, 0.05) is 28.5 Å². The minimum atomic E-state index is -0.460. The Morgan fingerprint density at radius 3 is 2.60 bits per heavy atom. The van der Waals surface area contributed by atoms with Crippen molar-refractivity contribution in [2.24, 2.45) is 0 Å². The standard InChI is InChI=1S/C25H26ClN3O/c1-5-11-29-23-14-22(26)18(13-21(23)17(2)15-25(29,3)4)12-19(16-27)24(30)28-20-9-7-6-8-10-20/h6-10,12-15H,5,11H2,1-4H3,(H,28,30)/b19-12+. The summed E-state index contributed by atoms with van der Waals surface area (Å²) in [6, 6.07) is 15.0. The Balaban J connectivity index is 2.00. The second-order valence-electron chi connectivity index (χ2n) is 8.01. The van der Waals surface area contributed by atoms with E-state index in [4.69, 9.17) is 11.6 Å². The lowest BCUT2D eigenvalue weighted by Crippen LogP contribution is -2.45. The summed E-state index contributed by atoms with van der Waals surface area (Å²) in [7, 11) is 0. The molecule has 30 heavy (non-hydrogen) atoms. The van der Waals surface area contributed by atoms with Crippen LogP contribution in [0.1, 0.15) is 45.2 Å². The molecule has 0 unspecified atom stereocenters. The minimum Gasteiger partial charge on any atom is -0.362 e. The molecule has 4 nitrogen and oxygen atoms in total. The molecule has 2 aromatic carbocycles. The third-order valence-electron chi connectivity index (χ3n) is 5.24. The average molecular weight is 420 g/mol. The second kappa shape index (κ2) is 8.77. The lowest BCUT2D eigenvalue weighted by Gasteiger charge is -2.43. The Hall–Kier alpha value is -3.03. The smallest absolute Gasteiger partial charge is 0.266 e. The normalized spacial score (nSPS) is 15.1. The molecular weight excluding hydrogens is 394 g/mol. The average Bonchev–Trinajstić information content (AvgIpc) is 2.70. The fourth-order valence-corrected chi connectivity index (χ4v) is 4.09. The van der Waals surface area contributed by atoms with Gasteiger partial charge < -0.3 is 10.2 Å². The molecule has 1 heterocycles. The number of hydrogen-bond donors (Lipinski definition) is 1. The molecule has 0 spiro atoms. The van der Waals surface area contributed by atoms with Gasteiger partial charge in [-0.3, -0.25) is 4.79 Å². The molecule has 2 aromatic rings. The number of carbonyl (C=O) groups is 1. The zero-order valence-corrected chi connectivity index (χ0v) is 18.5. The van der Waals surface area contributed by atoms with E-state index in [1.807, 2.05) is 36.4 Å². The van der Waals surface area contributed by atoms with Crippen LogP contribution in [0.25, 0.3) is 11.6 Å². The monoisotopic (exact) mass is 419 g/mol. The van der Waals surface area contributed by atoms with Crippen LogP contribution in [-0.4, -0.2) is 18.0 Å². The Bertz CT molecular complexity index is 1060. The van der Waals surface area contributed by atoms with Gasteiger partial charge in [-0.05, 0) is 68.7 Å². The topological polar surface area (TPSA) is 56.1 Å². The first-order valence-electron chi connectivity index (χ1n) is 10.1. The summed E-state index contributed by atoms with van der Waals surface area (Å²) in [5.74, 6) is -0.460. The molecule has 0 fully saturated rings. The molecule has 0 saturated carbocycles. The molecule has 5 heteroatoms. The summed E-state index contributed by atoms with van der Waals surface area (Å²) in [4.78, 5) is 14.9. The largest absolute Gasteiger partial charge is 0.362 e. The number of halogens is 1. The van der Waals surface area contributed by atoms with E-state index in [1.54, 1.807) is 18.2 Å². The van der Waals surface area contributed by atoms with Crippen molar-refractivity contribution < 1.29 is 4.79 Å². The summed E-state index contributed by atoms with van der Waals surface area (Å²) in [6.45, 7) is 9.54. The fourth-order valence-electron chi connectivity index (χ4n) is 3.88. The van der Waals surface area contributed by atoms with Crippen molar-refractivity contribution in [2.75, 3.05) is 16.8 Å². The summed E-state index contributed by atoms with van der Waals surface area (Å²) in [5.41, 5.74) is 4.48. The van der Waals surface area contributed by atoms with E-state index in [-0.39, 0.29) is 11.1 Å². The van der Waals surface area contributed by atoms with Crippen LogP contribution >= 0.6 is 11.6 Å². The molecule has 154 valence electrons. The van der Waals surface area contributed by atoms with Gasteiger partial charge in [-0.15, -0.1) is 0 Å². The number of para-hydroxylation sites is 1. The summed E-state index contributed by atoms with van der Waals surface area (Å²) in [6.07, 6.45) is 4.82. The highest BCUT2D eigenvalue weighted by Gasteiger charge is 2.31. The van der Waals surface area contributed by atoms with Gasteiger partial charge in [0.25, 0.3) is 5.91 Å².